The van der Waals surface area contributed by atoms with Gasteiger partial charge < -0.3 is 5.32 Å². The third kappa shape index (κ3) is 3.46. The lowest BCUT2D eigenvalue weighted by molar-refractivity contribution is 0.484. The largest absolute Gasteiger partial charge is 0.307 e. The molecule has 1 unspecified atom stereocenters. The fourth-order valence-corrected chi connectivity index (χ4v) is 2.96. The topological polar surface area (TPSA) is 46.9 Å². The van der Waals surface area contributed by atoms with E-state index in [1.165, 1.54) is 12.1 Å². The number of fused-ring (bicyclic) bond motifs is 1. The quantitative estimate of drug-likeness (QED) is 0.739. The summed E-state index contributed by atoms with van der Waals surface area (Å²) in [5, 5.41) is 4.01. The summed E-state index contributed by atoms with van der Waals surface area (Å²) in [5.74, 6) is 0.328. The molecule has 1 heterocycles. The van der Waals surface area contributed by atoms with E-state index in [1.807, 2.05) is 18.2 Å². The van der Waals surface area contributed by atoms with Crippen molar-refractivity contribution >= 4 is 10.9 Å². The Bertz CT molecular complexity index is 918. The molecule has 0 radical (unpaired) electrons. The number of halogens is 1. The highest BCUT2D eigenvalue weighted by Gasteiger charge is 2.19. The molecular formula is C20H22FN3O. The van der Waals surface area contributed by atoms with Crippen LogP contribution in [0.1, 0.15) is 38.6 Å². The third-order valence-electron chi connectivity index (χ3n) is 4.25. The van der Waals surface area contributed by atoms with Crippen LogP contribution in [0.2, 0.25) is 0 Å². The number of aromatic nitrogens is 2. The minimum Gasteiger partial charge on any atom is -0.307 e. The molecule has 130 valence electrons. The zero-order valence-corrected chi connectivity index (χ0v) is 14.5. The summed E-state index contributed by atoms with van der Waals surface area (Å²) in [5.41, 5.74) is 1.16. The molecule has 0 bridgehead atoms. The third-order valence-corrected chi connectivity index (χ3v) is 4.25. The average molecular weight is 339 g/mol. The maximum Gasteiger partial charge on any atom is 0.266 e. The van der Waals surface area contributed by atoms with E-state index in [4.69, 9.17) is 4.98 Å². The molecule has 0 aliphatic heterocycles. The summed E-state index contributed by atoms with van der Waals surface area (Å²) < 4.78 is 14.9. The van der Waals surface area contributed by atoms with Crippen molar-refractivity contribution < 1.29 is 4.39 Å². The van der Waals surface area contributed by atoms with Gasteiger partial charge in [0, 0.05) is 0 Å². The monoisotopic (exact) mass is 339 g/mol. The molecule has 0 amide bonds. The van der Waals surface area contributed by atoms with Crippen molar-refractivity contribution in [2.75, 3.05) is 6.54 Å². The fourth-order valence-electron chi connectivity index (χ4n) is 2.96. The number of nitrogens with zero attached hydrogens (tertiary/aromatic N) is 2. The lowest BCUT2D eigenvalue weighted by atomic mass is 10.1. The van der Waals surface area contributed by atoms with Gasteiger partial charge in [0.15, 0.2) is 0 Å². The van der Waals surface area contributed by atoms with E-state index >= 15 is 0 Å². The lowest BCUT2D eigenvalue weighted by Crippen LogP contribution is -2.31. The molecule has 0 saturated carbocycles. The Morgan fingerprint density at radius 1 is 1.12 bits per heavy atom. The highest BCUT2D eigenvalue weighted by Crippen LogP contribution is 2.20. The van der Waals surface area contributed by atoms with Gasteiger partial charge in [-0.15, -0.1) is 0 Å². The van der Waals surface area contributed by atoms with Gasteiger partial charge >= 0.3 is 0 Å². The number of hydrogen-bond donors (Lipinski definition) is 1. The van der Waals surface area contributed by atoms with Crippen LogP contribution >= 0.6 is 0 Å². The number of hydrogen-bond acceptors (Lipinski definition) is 3. The minimum atomic E-state index is -0.330. The van der Waals surface area contributed by atoms with E-state index in [2.05, 4.69) is 19.2 Å². The van der Waals surface area contributed by atoms with E-state index in [0.29, 0.717) is 22.4 Å². The van der Waals surface area contributed by atoms with Crippen LogP contribution in [-0.4, -0.2) is 16.1 Å². The first-order valence-corrected chi connectivity index (χ1v) is 8.66. The normalized spacial score (nSPS) is 12.4. The Kier molecular flexibility index (Phi) is 5.24. The lowest BCUT2D eigenvalue weighted by Gasteiger charge is -2.21. The van der Waals surface area contributed by atoms with Gasteiger partial charge in [-0.05, 0) is 55.8 Å². The summed E-state index contributed by atoms with van der Waals surface area (Å²) in [7, 11) is 0. The molecule has 2 aromatic carbocycles. The molecule has 0 spiro atoms. The molecule has 1 aromatic heterocycles. The van der Waals surface area contributed by atoms with Gasteiger partial charge in [0.25, 0.3) is 5.56 Å². The van der Waals surface area contributed by atoms with Gasteiger partial charge in [0.05, 0.1) is 22.6 Å². The Hall–Kier alpha value is -2.53. The Morgan fingerprint density at radius 2 is 1.84 bits per heavy atom. The van der Waals surface area contributed by atoms with Crippen molar-refractivity contribution in [2.45, 2.75) is 32.7 Å². The van der Waals surface area contributed by atoms with Crippen molar-refractivity contribution in [3.8, 4) is 5.69 Å². The number of benzene rings is 2. The van der Waals surface area contributed by atoms with Crippen LogP contribution < -0.4 is 10.9 Å². The first kappa shape index (κ1) is 17.3. The van der Waals surface area contributed by atoms with Gasteiger partial charge in [-0.25, -0.2) is 9.37 Å². The molecule has 5 heteroatoms. The average Bonchev–Trinajstić information content (AvgIpc) is 2.64. The first-order chi connectivity index (χ1) is 12.2. The Balaban J connectivity index is 2.27. The first-order valence-electron chi connectivity index (χ1n) is 8.66. The van der Waals surface area contributed by atoms with Gasteiger partial charge in [0.1, 0.15) is 11.6 Å². The van der Waals surface area contributed by atoms with Crippen molar-refractivity contribution in [3.05, 3.63) is 70.5 Å². The second kappa shape index (κ2) is 7.57. The second-order valence-electron chi connectivity index (χ2n) is 6.02. The predicted molar refractivity (Wildman–Crippen MR) is 98.6 cm³/mol. The van der Waals surface area contributed by atoms with Crippen molar-refractivity contribution in [1.82, 2.24) is 14.9 Å². The minimum absolute atomic E-state index is 0.0534. The van der Waals surface area contributed by atoms with Crippen LogP contribution in [0.25, 0.3) is 16.6 Å². The molecular weight excluding hydrogens is 317 g/mol. The molecule has 4 nitrogen and oxygen atoms in total. The number of nitrogens with one attached hydrogen (secondary N) is 1. The summed E-state index contributed by atoms with van der Waals surface area (Å²) in [6, 6.07) is 13.2. The summed E-state index contributed by atoms with van der Waals surface area (Å²) in [4.78, 5) is 17.9. The van der Waals surface area contributed by atoms with E-state index in [0.717, 1.165) is 19.4 Å². The van der Waals surface area contributed by atoms with E-state index in [-0.39, 0.29) is 17.4 Å². The molecule has 1 N–H and O–H groups in total. The molecule has 0 aliphatic carbocycles. The summed E-state index contributed by atoms with van der Waals surface area (Å²) >= 11 is 0. The van der Waals surface area contributed by atoms with Crippen LogP contribution in [0, 0.1) is 5.82 Å². The number of rotatable bonds is 6. The van der Waals surface area contributed by atoms with Crippen LogP contribution in [0.3, 0.4) is 0 Å². The van der Waals surface area contributed by atoms with Crippen LogP contribution in [0.5, 0.6) is 0 Å². The standard InChI is InChI=1S/C20H22FN3O/c1-3-13-22-17(4-2)19-23-18-8-6-5-7-16(18)20(25)24(19)15-11-9-14(21)10-12-15/h5-12,17,22H,3-4,13H2,1-2H3. The van der Waals surface area contributed by atoms with Crippen molar-refractivity contribution in [1.29, 1.82) is 0 Å². The Morgan fingerprint density at radius 3 is 2.52 bits per heavy atom. The second-order valence-corrected chi connectivity index (χ2v) is 6.02. The van der Waals surface area contributed by atoms with E-state index in [9.17, 15) is 9.18 Å². The summed E-state index contributed by atoms with van der Waals surface area (Å²) in [6.07, 6.45) is 1.79. The zero-order valence-electron chi connectivity index (χ0n) is 14.5. The zero-order chi connectivity index (χ0) is 17.8. The fraction of sp³-hybridized carbons (Fsp3) is 0.300. The van der Waals surface area contributed by atoms with Gasteiger partial charge in [-0.1, -0.05) is 26.0 Å². The SMILES string of the molecule is CCCNC(CC)c1nc2ccccc2c(=O)n1-c1ccc(F)cc1. The van der Waals surface area contributed by atoms with Crippen LogP contribution in [0.15, 0.2) is 53.3 Å². The maximum atomic E-state index is 13.3. The van der Waals surface area contributed by atoms with E-state index < -0.39 is 0 Å². The molecule has 1 atom stereocenters. The highest BCUT2D eigenvalue weighted by atomic mass is 19.1. The smallest absolute Gasteiger partial charge is 0.266 e. The molecule has 3 aromatic rings. The Labute approximate surface area is 146 Å². The highest BCUT2D eigenvalue weighted by molar-refractivity contribution is 5.77. The molecule has 3 rings (SSSR count). The van der Waals surface area contributed by atoms with Gasteiger partial charge in [0.2, 0.25) is 0 Å². The molecule has 0 aliphatic rings. The molecule has 0 saturated heterocycles. The van der Waals surface area contributed by atoms with E-state index in [1.54, 1.807) is 22.8 Å². The van der Waals surface area contributed by atoms with Crippen LogP contribution in [-0.2, 0) is 0 Å². The van der Waals surface area contributed by atoms with Crippen molar-refractivity contribution in [2.24, 2.45) is 0 Å². The summed E-state index contributed by atoms with van der Waals surface area (Å²) in [6.45, 7) is 4.99. The molecule has 0 fully saturated rings. The number of para-hydroxylation sites is 1. The maximum absolute atomic E-state index is 13.3. The molecule has 25 heavy (non-hydrogen) atoms. The van der Waals surface area contributed by atoms with Gasteiger partial charge in [-0.2, -0.15) is 0 Å². The van der Waals surface area contributed by atoms with Gasteiger partial charge in [-0.3, -0.25) is 9.36 Å². The van der Waals surface area contributed by atoms with Crippen molar-refractivity contribution in [3.63, 3.8) is 0 Å². The predicted octanol–water partition coefficient (Wildman–Crippen LogP) is 3.98. The van der Waals surface area contributed by atoms with Crippen LogP contribution in [0.4, 0.5) is 4.39 Å².